The Morgan fingerprint density at radius 2 is 1.89 bits per heavy atom. The number of hydrogen-bond donors (Lipinski definition) is 1. The van der Waals surface area contributed by atoms with Gasteiger partial charge in [0.25, 0.3) is 0 Å². The van der Waals surface area contributed by atoms with Crippen molar-refractivity contribution in [3.8, 4) is 0 Å². The highest BCUT2D eigenvalue weighted by Gasteiger charge is 2.40. The highest BCUT2D eigenvalue weighted by Crippen LogP contribution is 2.42. The molecular formula is C16H24O2. The van der Waals surface area contributed by atoms with Gasteiger partial charge in [0.05, 0.1) is 5.41 Å². The summed E-state index contributed by atoms with van der Waals surface area (Å²) in [5, 5.41) is 9.62. The topological polar surface area (TPSA) is 37.3 Å². The van der Waals surface area contributed by atoms with Crippen molar-refractivity contribution in [2.45, 2.75) is 52.4 Å². The van der Waals surface area contributed by atoms with Crippen LogP contribution in [0.5, 0.6) is 0 Å². The molecule has 0 bridgehead atoms. The molecule has 0 saturated heterocycles. The van der Waals surface area contributed by atoms with Crippen LogP contribution in [0, 0.1) is 5.41 Å². The van der Waals surface area contributed by atoms with Gasteiger partial charge in [-0.3, -0.25) is 4.79 Å². The SMILES string of the molecule is CCCCC(C)(C(=O)O)C(CC)c1ccccc1. The summed E-state index contributed by atoms with van der Waals surface area (Å²) in [4.78, 5) is 11.7. The molecule has 0 aliphatic carbocycles. The highest BCUT2D eigenvalue weighted by molar-refractivity contribution is 5.75. The zero-order valence-corrected chi connectivity index (χ0v) is 11.6. The molecule has 1 aromatic rings. The number of carboxylic acid groups (broad SMARTS) is 1. The van der Waals surface area contributed by atoms with Crippen LogP contribution in [0.15, 0.2) is 30.3 Å². The summed E-state index contributed by atoms with van der Waals surface area (Å²) in [6.07, 6.45) is 3.60. The van der Waals surface area contributed by atoms with Gasteiger partial charge in [0, 0.05) is 0 Å². The number of rotatable bonds is 7. The van der Waals surface area contributed by atoms with E-state index in [-0.39, 0.29) is 5.92 Å². The number of carbonyl (C=O) groups is 1. The molecule has 18 heavy (non-hydrogen) atoms. The quantitative estimate of drug-likeness (QED) is 0.773. The molecule has 1 aromatic carbocycles. The van der Waals surface area contributed by atoms with E-state index in [9.17, 15) is 9.90 Å². The predicted octanol–water partition coefficient (Wildman–Crippen LogP) is 4.46. The molecule has 0 amide bonds. The van der Waals surface area contributed by atoms with Crippen LogP contribution in [-0.4, -0.2) is 11.1 Å². The molecule has 0 spiro atoms. The van der Waals surface area contributed by atoms with E-state index in [1.165, 1.54) is 0 Å². The maximum absolute atomic E-state index is 11.7. The van der Waals surface area contributed by atoms with E-state index >= 15 is 0 Å². The van der Waals surface area contributed by atoms with Crippen LogP contribution < -0.4 is 0 Å². The van der Waals surface area contributed by atoms with E-state index in [1.54, 1.807) is 0 Å². The van der Waals surface area contributed by atoms with Crippen molar-refractivity contribution < 1.29 is 9.90 Å². The molecule has 2 unspecified atom stereocenters. The van der Waals surface area contributed by atoms with Gasteiger partial charge in [0.2, 0.25) is 0 Å². The molecule has 0 aromatic heterocycles. The van der Waals surface area contributed by atoms with Crippen molar-refractivity contribution in [1.29, 1.82) is 0 Å². The smallest absolute Gasteiger partial charge is 0.309 e. The third-order valence-electron chi connectivity index (χ3n) is 3.92. The largest absolute Gasteiger partial charge is 0.481 e. The average Bonchev–Trinajstić information content (AvgIpc) is 2.38. The lowest BCUT2D eigenvalue weighted by atomic mass is 9.69. The van der Waals surface area contributed by atoms with E-state index in [0.717, 1.165) is 31.2 Å². The first-order chi connectivity index (χ1) is 8.56. The molecule has 0 saturated carbocycles. The molecule has 2 nitrogen and oxygen atoms in total. The number of hydrogen-bond acceptors (Lipinski definition) is 1. The van der Waals surface area contributed by atoms with Gasteiger partial charge in [0.1, 0.15) is 0 Å². The van der Waals surface area contributed by atoms with Crippen molar-refractivity contribution in [2.75, 3.05) is 0 Å². The Balaban J connectivity index is 3.05. The first-order valence-corrected chi connectivity index (χ1v) is 6.84. The van der Waals surface area contributed by atoms with Crippen LogP contribution in [0.3, 0.4) is 0 Å². The molecule has 0 aliphatic rings. The van der Waals surface area contributed by atoms with Crippen molar-refractivity contribution >= 4 is 5.97 Å². The van der Waals surface area contributed by atoms with Gasteiger partial charge in [-0.25, -0.2) is 0 Å². The van der Waals surface area contributed by atoms with E-state index in [4.69, 9.17) is 0 Å². The Kier molecular flexibility index (Phi) is 5.39. The van der Waals surface area contributed by atoms with Gasteiger partial charge >= 0.3 is 5.97 Å². The standard InChI is InChI=1S/C16H24O2/c1-4-6-12-16(3,15(17)18)14(5-2)13-10-8-7-9-11-13/h7-11,14H,4-6,12H2,1-3H3,(H,17,18). The van der Waals surface area contributed by atoms with Crippen molar-refractivity contribution in [3.05, 3.63) is 35.9 Å². The molecule has 0 heterocycles. The maximum atomic E-state index is 11.7. The summed E-state index contributed by atoms with van der Waals surface area (Å²) >= 11 is 0. The minimum atomic E-state index is -0.674. The fraction of sp³-hybridized carbons (Fsp3) is 0.562. The molecule has 0 radical (unpaired) electrons. The Morgan fingerprint density at radius 3 is 2.33 bits per heavy atom. The van der Waals surface area contributed by atoms with Gasteiger partial charge in [-0.15, -0.1) is 0 Å². The second kappa shape index (κ2) is 6.58. The Hall–Kier alpha value is -1.31. The summed E-state index contributed by atoms with van der Waals surface area (Å²) in [5.74, 6) is -0.589. The average molecular weight is 248 g/mol. The minimum Gasteiger partial charge on any atom is -0.481 e. The highest BCUT2D eigenvalue weighted by atomic mass is 16.4. The van der Waals surface area contributed by atoms with Gasteiger partial charge in [-0.05, 0) is 31.2 Å². The predicted molar refractivity (Wildman–Crippen MR) is 74.7 cm³/mol. The summed E-state index contributed by atoms with van der Waals surface area (Å²) in [6.45, 7) is 6.07. The number of benzene rings is 1. The van der Waals surface area contributed by atoms with E-state index in [1.807, 2.05) is 37.3 Å². The second-order valence-corrected chi connectivity index (χ2v) is 5.20. The lowest BCUT2D eigenvalue weighted by Gasteiger charge is -2.34. The molecule has 0 fully saturated rings. The van der Waals surface area contributed by atoms with Gasteiger partial charge in [0.15, 0.2) is 0 Å². The summed E-state index contributed by atoms with van der Waals surface area (Å²) in [6, 6.07) is 10.0. The molecule has 2 heteroatoms. The Bertz CT molecular complexity index is 372. The number of carboxylic acids is 1. The van der Waals surface area contributed by atoms with Crippen LogP contribution in [-0.2, 0) is 4.79 Å². The first kappa shape index (κ1) is 14.7. The normalized spacial score (nSPS) is 15.9. The monoisotopic (exact) mass is 248 g/mol. The molecule has 1 rings (SSSR count). The zero-order chi connectivity index (χ0) is 13.6. The third-order valence-corrected chi connectivity index (χ3v) is 3.92. The minimum absolute atomic E-state index is 0.0859. The van der Waals surface area contributed by atoms with E-state index in [0.29, 0.717) is 0 Å². The maximum Gasteiger partial charge on any atom is 0.309 e. The lowest BCUT2D eigenvalue weighted by Crippen LogP contribution is -2.34. The third kappa shape index (κ3) is 3.12. The molecule has 0 aliphatic heterocycles. The molecule has 2 atom stereocenters. The first-order valence-electron chi connectivity index (χ1n) is 6.84. The Morgan fingerprint density at radius 1 is 1.28 bits per heavy atom. The zero-order valence-electron chi connectivity index (χ0n) is 11.6. The second-order valence-electron chi connectivity index (χ2n) is 5.20. The van der Waals surface area contributed by atoms with E-state index in [2.05, 4.69) is 13.8 Å². The Labute approximate surface area is 110 Å². The van der Waals surface area contributed by atoms with Crippen LogP contribution in [0.25, 0.3) is 0 Å². The van der Waals surface area contributed by atoms with Gasteiger partial charge in [-0.2, -0.15) is 0 Å². The molecule has 1 N–H and O–H groups in total. The summed E-state index contributed by atoms with van der Waals surface area (Å²) in [5.41, 5.74) is 0.479. The van der Waals surface area contributed by atoms with E-state index < -0.39 is 11.4 Å². The summed E-state index contributed by atoms with van der Waals surface area (Å²) < 4.78 is 0. The van der Waals surface area contributed by atoms with Gasteiger partial charge < -0.3 is 5.11 Å². The summed E-state index contributed by atoms with van der Waals surface area (Å²) in [7, 11) is 0. The van der Waals surface area contributed by atoms with Crippen LogP contribution in [0.4, 0.5) is 0 Å². The molecule has 100 valence electrons. The van der Waals surface area contributed by atoms with Crippen LogP contribution >= 0.6 is 0 Å². The number of unbranched alkanes of at least 4 members (excludes halogenated alkanes) is 1. The van der Waals surface area contributed by atoms with Crippen molar-refractivity contribution in [3.63, 3.8) is 0 Å². The van der Waals surface area contributed by atoms with Crippen LogP contribution in [0.2, 0.25) is 0 Å². The van der Waals surface area contributed by atoms with Crippen LogP contribution in [0.1, 0.15) is 57.9 Å². The van der Waals surface area contributed by atoms with Gasteiger partial charge in [-0.1, -0.05) is 57.0 Å². The fourth-order valence-electron chi connectivity index (χ4n) is 2.71. The lowest BCUT2D eigenvalue weighted by molar-refractivity contribution is -0.150. The fourth-order valence-corrected chi connectivity index (χ4v) is 2.71. The van der Waals surface area contributed by atoms with Crippen molar-refractivity contribution in [2.24, 2.45) is 5.41 Å². The number of aliphatic carboxylic acids is 1. The molecular weight excluding hydrogens is 224 g/mol. The van der Waals surface area contributed by atoms with Crippen molar-refractivity contribution in [1.82, 2.24) is 0 Å².